The van der Waals surface area contributed by atoms with E-state index in [4.69, 9.17) is 4.74 Å². The van der Waals surface area contributed by atoms with E-state index in [1.807, 2.05) is 0 Å². The molecule has 7 nitrogen and oxygen atoms in total. The van der Waals surface area contributed by atoms with Gasteiger partial charge in [-0.3, -0.25) is 9.40 Å². The van der Waals surface area contributed by atoms with Crippen LogP contribution < -0.4 is 10.0 Å². The number of nitrogens with one attached hydrogen (secondary N) is 2. The quantitative estimate of drug-likeness (QED) is 0.771. The van der Waals surface area contributed by atoms with Crippen molar-refractivity contribution in [2.45, 2.75) is 24.6 Å². The van der Waals surface area contributed by atoms with Crippen LogP contribution in [0.5, 0.6) is 0 Å². The van der Waals surface area contributed by atoms with Gasteiger partial charge in [-0.1, -0.05) is 0 Å². The van der Waals surface area contributed by atoms with Crippen molar-refractivity contribution in [1.29, 1.82) is 0 Å². The highest BCUT2D eigenvalue weighted by molar-refractivity contribution is 7.93. The van der Waals surface area contributed by atoms with Gasteiger partial charge in [0.2, 0.25) is 10.0 Å². The number of hydrogen-bond donors (Lipinski definition) is 2. The molecule has 2 N–H and O–H groups in total. The Balaban J connectivity index is 1.97. The molecule has 0 amide bonds. The summed E-state index contributed by atoms with van der Waals surface area (Å²) in [5, 5.41) is 6.91. The van der Waals surface area contributed by atoms with Crippen molar-refractivity contribution in [2.24, 2.45) is 0 Å². The molecular formula is C11H20N4O3S. The molecule has 1 aliphatic rings. The molecule has 2 rings (SSSR count). The normalized spacial score (nSPS) is 17.5. The summed E-state index contributed by atoms with van der Waals surface area (Å²) in [6, 6.07) is 0. The minimum absolute atomic E-state index is 0.323. The Bertz CT molecular complexity index is 494. The SMILES string of the molecule is COCCn1cc(NS(=O)(=O)C2CCNCC2)cn1. The summed E-state index contributed by atoms with van der Waals surface area (Å²) in [5.74, 6) is 0. The zero-order chi connectivity index (χ0) is 13.7. The Morgan fingerprint density at radius 2 is 2.26 bits per heavy atom. The number of rotatable bonds is 6. The summed E-state index contributed by atoms with van der Waals surface area (Å²) < 4.78 is 33.6. The lowest BCUT2D eigenvalue weighted by Gasteiger charge is -2.22. The summed E-state index contributed by atoms with van der Waals surface area (Å²) in [5.41, 5.74) is 0.509. The second-order valence-corrected chi connectivity index (χ2v) is 6.54. The Morgan fingerprint density at radius 3 is 2.95 bits per heavy atom. The lowest BCUT2D eigenvalue weighted by Crippen LogP contribution is -2.38. The van der Waals surface area contributed by atoms with E-state index in [2.05, 4.69) is 15.1 Å². The smallest absolute Gasteiger partial charge is 0.235 e. The first-order valence-electron chi connectivity index (χ1n) is 6.35. The summed E-state index contributed by atoms with van der Waals surface area (Å²) in [4.78, 5) is 0. The molecule has 8 heteroatoms. The average Bonchev–Trinajstić information content (AvgIpc) is 2.84. The van der Waals surface area contributed by atoms with Gasteiger partial charge in [-0.2, -0.15) is 5.10 Å². The van der Waals surface area contributed by atoms with E-state index in [-0.39, 0.29) is 5.25 Å². The first-order chi connectivity index (χ1) is 9.12. The third kappa shape index (κ3) is 3.92. The molecule has 0 unspecified atom stereocenters. The van der Waals surface area contributed by atoms with Crippen LogP contribution in [-0.4, -0.2) is 50.3 Å². The number of nitrogens with zero attached hydrogens (tertiary/aromatic N) is 2. The number of piperidine rings is 1. The molecule has 1 fully saturated rings. The number of hydrogen-bond acceptors (Lipinski definition) is 5. The molecule has 0 spiro atoms. The first kappa shape index (κ1) is 14.3. The summed E-state index contributed by atoms with van der Waals surface area (Å²) in [7, 11) is -1.70. The number of methoxy groups -OCH3 is 1. The van der Waals surface area contributed by atoms with Crippen LogP contribution in [0.3, 0.4) is 0 Å². The van der Waals surface area contributed by atoms with Gasteiger partial charge in [0, 0.05) is 13.3 Å². The van der Waals surface area contributed by atoms with Crippen LogP contribution >= 0.6 is 0 Å². The van der Waals surface area contributed by atoms with Crippen molar-refractivity contribution in [3.05, 3.63) is 12.4 Å². The van der Waals surface area contributed by atoms with Crippen LogP contribution in [0, 0.1) is 0 Å². The molecule has 0 aromatic carbocycles. The number of aromatic nitrogens is 2. The second-order valence-electron chi connectivity index (χ2n) is 4.58. The molecule has 108 valence electrons. The maximum atomic E-state index is 12.2. The van der Waals surface area contributed by atoms with Gasteiger partial charge >= 0.3 is 0 Å². The van der Waals surface area contributed by atoms with Gasteiger partial charge in [-0.05, 0) is 25.9 Å². The van der Waals surface area contributed by atoms with Gasteiger partial charge in [0.25, 0.3) is 0 Å². The highest BCUT2D eigenvalue weighted by atomic mass is 32.2. The third-order valence-corrected chi connectivity index (χ3v) is 5.01. The predicted molar refractivity (Wildman–Crippen MR) is 72.5 cm³/mol. The molecule has 0 aliphatic carbocycles. The van der Waals surface area contributed by atoms with E-state index in [1.165, 1.54) is 6.20 Å². The van der Waals surface area contributed by atoms with Gasteiger partial charge < -0.3 is 10.1 Å². The monoisotopic (exact) mass is 288 g/mol. The van der Waals surface area contributed by atoms with Crippen molar-refractivity contribution in [2.75, 3.05) is 31.5 Å². The van der Waals surface area contributed by atoms with E-state index >= 15 is 0 Å². The lowest BCUT2D eigenvalue weighted by molar-refractivity contribution is 0.183. The summed E-state index contributed by atoms with van der Waals surface area (Å²) >= 11 is 0. The fourth-order valence-electron chi connectivity index (χ4n) is 2.08. The molecule has 1 aliphatic heterocycles. The largest absolute Gasteiger partial charge is 0.383 e. The summed E-state index contributed by atoms with van der Waals surface area (Å²) in [6.45, 7) is 2.64. The summed E-state index contributed by atoms with van der Waals surface area (Å²) in [6.07, 6.45) is 4.49. The van der Waals surface area contributed by atoms with E-state index < -0.39 is 10.0 Å². The van der Waals surface area contributed by atoms with Crippen LogP contribution in [0.1, 0.15) is 12.8 Å². The van der Waals surface area contributed by atoms with E-state index in [1.54, 1.807) is 18.0 Å². The molecular weight excluding hydrogens is 268 g/mol. The molecule has 1 aromatic rings. The van der Waals surface area contributed by atoms with Crippen LogP contribution in [0.2, 0.25) is 0 Å². The van der Waals surface area contributed by atoms with Crippen LogP contribution in [0.4, 0.5) is 5.69 Å². The average molecular weight is 288 g/mol. The zero-order valence-corrected chi connectivity index (χ0v) is 11.8. The Hall–Kier alpha value is -1.12. The van der Waals surface area contributed by atoms with Gasteiger partial charge in [-0.15, -0.1) is 0 Å². The van der Waals surface area contributed by atoms with Crippen molar-refractivity contribution in [1.82, 2.24) is 15.1 Å². The Kier molecular flexibility index (Phi) is 4.78. The van der Waals surface area contributed by atoms with Gasteiger partial charge in [0.1, 0.15) is 0 Å². The van der Waals surface area contributed by atoms with Crippen LogP contribution in [0.15, 0.2) is 12.4 Å². The topological polar surface area (TPSA) is 85.2 Å². The minimum atomic E-state index is -3.32. The molecule has 0 saturated carbocycles. The van der Waals surface area contributed by atoms with Crippen molar-refractivity contribution in [3.63, 3.8) is 0 Å². The Morgan fingerprint density at radius 1 is 1.53 bits per heavy atom. The molecule has 0 radical (unpaired) electrons. The number of anilines is 1. The second kappa shape index (κ2) is 6.36. The third-order valence-electron chi connectivity index (χ3n) is 3.14. The van der Waals surface area contributed by atoms with Crippen molar-refractivity contribution in [3.8, 4) is 0 Å². The fourth-order valence-corrected chi connectivity index (χ4v) is 3.53. The van der Waals surface area contributed by atoms with Crippen molar-refractivity contribution < 1.29 is 13.2 Å². The van der Waals surface area contributed by atoms with Crippen molar-refractivity contribution >= 4 is 15.7 Å². The fraction of sp³-hybridized carbons (Fsp3) is 0.727. The molecule has 2 heterocycles. The van der Waals surface area contributed by atoms with Gasteiger partial charge in [0.15, 0.2) is 0 Å². The highest BCUT2D eigenvalue weighted by Gasteiger charge is 2.27. The molecule has 1 aromatic heterocycles. The molecule has 19 heavy (non-hydrogen) atoms. The van der Waals surface area contributed by atoms with Crippen LogP contribution in [-0.2, 0) is 21.3 Å². The van der Waals surface area contributed by atoms with E-state index in [0.717, 1.165) is 13.1 Å². The maximum Gasteiger partial charge on any atom is 0.235 e. The minimum Gasteiger partial charge on any atom is -0.383 e. The number of ether oxygens (including phenoxy) is 1. The first-order valence-corrected chi connectivity index (χ1v) is 7.90. The van der Waals surface area contributed by atoms with E-state index in [9.17, 15) is 8.42 Å². The van der Waals surface area contributed by atoms with E-state index in [0.29, 0.717) is 31.7 Å². The lowest BCUT2D eigenvalue weighted by atomic mass is 10.2. The molecule has 1 saturated heterocycles. The zero-order valence-electron chi connectivity index (χ0n) is 11.0. The highest BCUT2D eigenvalue weighted by Crippen LogP contribution is 2.17. The van der Waals surface area contributed by atoms with Gasteiger partial charge in [0.05, 0.1) is 30.3 Å². The predicted octanol–water partition coefficient (Wildman–Crippen LogP) is 0.0232. The standard InChI is InChI=1S/C11H20N4O3S/c1-18-7-6-15-9-10(8-13-15)14-19(16,17)11-2-4-12-5-3-11/h8-9,11-12,14H,2-7H2,1H3. The van der Waals surface area contributed by atoms with Crippen LogP contribution in [0.25, 0.3) is 0 Å². The maximum absolute atomic E-state index is 12.2. The number of sulfonamides is 1. The Labute approximate surface area is 113 Å². The molecule has 0 atom stereocenters. The molecule has 0 bridgehead atoms. The van der Waals surface area contributed by atoms with Gasteiger partial charge in [-0.25, -0.2) is 8.42 Å².